The average Bonchev–Trinajstić information content (AvgIpc) is 2.84. The molecule has 1 unspecified atom stereocenters. The number of aromatic nitrogens is 3. The van der Waals surface area contributed by atoms with E-state index in [0.717, 1.165) is 25.7 Å². The van der Waals surface area contributed by atoms with E-state index in [2.05, 4.69) is 10.3 Å². The maximum absolute atomic E-state index is 13.1. The van der Waals surface area contributed by atoms with E-state index in [4.69, 9.17) is 5.11 Å². The number of imide groups is 1. The van der Waals surface area contributed by atoms with Gasteiger partial charge < -0.3 is 5.11 Å². The SMILES string of the molecule is O=C(O)CCCCCCCn1c(=O)n(C2CCCC(=O)NC2=O)c2ncccc21. The van der Waals surface area contributed by atoms with Crippen LogP contribution in [-0.4, -0.2) is 37.0 Å². The standard InChI is InChI=1S/C20H26N4O5/c25-16-10-6-8-15(19(28)22-16)24-18-14(9-7-12-21-18)23(20(24)29)13-5-3-1-2-4-11-17(26)27/h7,9,12,15H,1-6,8,10-11,13H2,(H,26,27)(H,22,25,28). The van der Waals surface area contributed by atoms with Gasteiger partial charge >= 0.3 is 11.7 Å². The van der Waals surface area contributed by atoms with E-state index in [1.807, 2.05) is 6.07 Å². The molecule has 1 atom stereocenters. The lowest BCUT2D eigenvalue weighted by Crippen LogP contribution is -2.38. The fraction of sp³-hybridized carbons (Fsp3) is 0.550. The molecular formula is C20H26N4O5. The van der Waals surface area contributed by atoms with Gasteiger partial charge in [-0.3, -0.25) is 28.8 Å². The van der Waals surface area contributed by atoms with Crippen LogP contribution >= 0.6 is 0 Å². The van der Waals surface area contributed by atoms with Crippen molar-refractivity contribution in [2.75, 3.05) is 0 Å². The van der Waals surface area contributed by atoms with Crippen molar-refractivity contribution in [3.63, 3.8) is 0 Å². The average molecular weight is 402 g/mol. The number of nitrogens with one attached hydrogen (secondary N) is 1. The Morgan fingerprint density at radius 1 is 1.17 bits per heavy atom. The molecule has 2 amide bonds. The van der Waals surface area contributed by atoms with Crippen LogP contribution in [0.25, 0.3) is 11.2 Å². The van der Waals surface area contributed by atoms with Gasteiger partial charge in [0, 0.05) is 25.6 Å². The molecule has 0 aromatic carbocycles. The number of aliphatic carboxylic acids is 1. The predicted molar refractivity (Wildman–Crippen MR) is 105 cm³/mol. The first kappa shape index (κ1) is 20.8. The largest absolute Gasteiger partial charge is 0.481 e. The van der Waals surface area contributed by atoms with Crippen molar-refractivity contribution >= 4 is 28.9 Å². The van der Waals surface area contributed by atoms with Crippen LogP contribution in [0.2, 0.25) is 0 Å². The molecule has 0 radical (unpaired) electrons. The van der Waals surface area contributed by atoms with Crippen molar-refractivity contribution < 1.29 is 19.5 Å². The normalized spacial score (nSPS) is 17.3. The van der Waals surface area contributed by atoms with Gasteiger partial charge in [0.15, 0.2) is 5.65 Å². The van der Waals surface area contributed by atoms with Crippen LogP contribution in [0.3, 0.4) is 0 Å². The van der Waals surface area contributed by atoms with Gasteiger partial charge in [-0.25, -0.2) is 9.78 Å². The molecule has 1 aliphatic heterocycles. The minimum absolute atomic E-state index is 0.185. The highest BCUT2D eigenvalue weighted by Crippen LogP contribution is 2.22. The summed E-state index contributed by atoms with van der Waals surface area (Å²) in [5.74, 6) is -1.55. The van der Waals surface area contributed by atoms with E-state index < -0.39 is 17.9 Å². The molecule has 3 heterocycles. The minimum atomic E-state index is -0.777. The monoisotopic (exact) mass is 402 g/mol. The zero-order chi connectivity index (χ0) is 20.8. The van der Waals surface area contributed by atoms with Gasteiger partial charge in [-0.2, -0.15) is 0 Å². The summed E-state index contributed by atoms with van der Waals surface area (Å²) < 4.78 is 3.05. The number of carbonyl (C=O) groups is 3. The number of carbonyl (C=O) groups excluding carboxylic acids is 2. The van der Waals surface area contributed by atoms with Gasteiger partial charge in [-0.05, 0) is 37.8 Å². The topological polar surface area (TPSA) is 123 Å². The molecule has 1 saturated heterocycles. The Hall–Kier alpha value is -2.97. The van der Waals surface area contributed by atoms with Gasteiger partial charge in [-0.15, -0.1) is 0 Å². The molecule has 3 rings (SSSR count). The second kappa shape index (κ2) is 9.49. The predicted octanol–water partition coefficient (Wildman–Crippen LogP) is 1.99. The second-order valence-electron chi connectivity index (χ2n) is 7.38. The Bertz CT molecular complexity index is 961. The van der Waals surface area contributed by atoms with Crippen LogP contribution in [-0.2, 0) is 20.9 Å². The lowest BCUT2D eigenvalue weighted by Gasteiger charge is -2.13. The van der Waals surface area contributed by atoms with Gasteiger partial charge in [0.25, 0.3) is 0 Å². The summed E-state index contributed by atoms with van der Waals surface area (Å²) in [7, 11) is 0. The van der Waals surface area contributed by atoms with E-state index in [0.29, 0.717) is 37.0 Å². The fourth-order valence-electron chi connectivity index (χ4n) is 3.80. The van der Waals surface area contributed by atoms with Crippen molar-refractivity contribution in [2.45, 2.75) is 70.4 Å². The molecule has 0 aliphatic carbocycles. The highest BCUT2D eigenvalue weighted by molar-refractivity contribution is 5.98. The molecule has 1 aliphatic rings. The van der Waals surface area contributed by atoms with Crippen LogP contribution < -0.4 is 11.0 Å². The Morgan fingerprint density at radius 3 is 2.72 bits per heavy atom. The Labute approximate surface area is 167 Å². The molecular weight excluding hydrogens is 376 g/mol. The minimum Gasteiger partial charge on any atom is -0.481 e. The zero-order valence-corrected chi connectivity index (χ0v) is 16.3. The summed E-state index contributed by atoms with van der Waals surface area (Å²) in [5, 5.41) is 11.0. The third kappa shape index (κ3) is 4.90. The Kier molecular flexibility index (Phi) is 6.79. The quantitative estimate of drug-likeness (QED) is 0.488. The van der Waals surface area contributed by atoms with Crippen molar-refractivity contribution in [3.05, 3.63) is 28.8 Å². The molecule has 2 N–H and O–H groups in total. The first-order valence-electron chi connectivity index (χ1n) is 10.1. The molecule has 2 aromatic rings. The molecule has 29 heavy (non-hydrogen) atoms. The van der Waals surface area contributed by atoms with Gasteiger partial charge in [0.1, 0.15) is 6.04 Å². The number of hydrogen-bond donors (Lipinski definition) is 2. The lowest BCUT2D eigenvalue weighted by atomic mass is 10.1. The number of carboxylic acid groups (broad SMARTS) is 1. The number of aryl methyl sites for hydroxylation is 1. The maximum Gasteiger partial charge on any atom is 0.331 e. The number of pyridine rings is 1. The molecule has 156 valence electrons. The van der Waals surface area contributed by atoms with Crippen LogP contribution in [0.5, 0.6) is 0 Å². The van der Waals surface area contributed by atoms with E-state index in [-0.39, 0.29) is 24.4 Å². The van der Waals surface area contributed by atoms with Gasteiger partial charge in [0.05, 0.1) is 5.52 Å². The maximum atomic E-state index is 13.1. The van der Waals surface area contributed by atoms with Crippen LogP contribution in [0.1, 0.15) is 63.8 Å². The Morgan fingerprint density at radius 2 is 1.93 bits per heavy atom. The summed E-state index contributed by atoms with van der Waals surface area (Å²) >= 11 is 0. The fourth-order valence-corrected chi connectivity index (χ4v) is 3.80. The second-order valence-corrected chi connectivity index (χ2v) is 7.38. The van der Waals surface area contributed by atoms with Crippen molar-refractivity contribution in [1.29, 1.82) is 0 Å². The number of imidazole rings is 1. The van der Waals surface area contributed by atoms with Crippen LogP contribution in [0.4, 0.5) is 0 Å². The molecule has 9 heteroatoms. The highest BCUT2D eigenvalue weighted by Gasteiger charge is 2.30. The number of rotatable bonds is 9. The number of carboxylic acids is 1. The van der Waals surface area contributed by atoms with Crippen LogP contribution in [0.15, 0.2) is 23.1 Å². The van der Waals surface area contributed by atoms with Crippen molar-refractivity contribution in [2.24, 2.45) is 0 Å². The lowest BCUT2D eigenvalue weighted by molar-refractivity contribution is -0.137. The number of hydrogen-bond acceptors (Lipinski definition) is 5. The summed E-state index contributed by atoms with van der Waals surface area (Å²) in [4.78, 5) is 52.1. The van der Waals surface area contributed by atoms with Crippen molar-refractivity contribution in [3.8, 4) is 0 Å². The molecule has 0 bridgehead atoms. The molecule has 1 fully saturated rings. The molecule has 0 saturated carbocycles. The van der Waals surface area contributed by atoms with Crippen molar-refractivity contribution in [1.82, 2.24) is 19.4 Å². The molecule has 9 nitrogen and oxygen atoms in total. The van der Waals surface area contributed by atoms with Gasteiger partial charge in [-0.1, -0.05) is 19.3 Å². The molecule has 0 spiro atoms. The first-order chi connectivity index (χ1) is 14.0. The number of unbranched alkanes of at least 4 members (excludes halogenated alkanes) is 4. The van der Waals surface area contributed by atoms with E-state index in [1.165, 1.54) is 4.57 Å². The molecule has 2 aromatic heterocycles. The van der Waals surface area contributed by atoms with E-state index in [1.54, 1.807) is 16.8 Å². The summed E-state index contributed by atoms with van der Waals surface area (Å²) in [6, 6.07) is 2.82. The third-order valence-electron chi connectivity index (χ3n) is 5.25. The summed E-state index contributed by atoms with van der Waals surface area (Å²) in [6.07, 6.45) is 7.07. The zero-order valence-electron chi connectivity index (χ0n) is 16.3. The first-order valence-corrected chi connectivity index (χ1v) is 10.1. The highest BCUT2D eigenvalue weighted by atomic mass is 16.4. The smallest absolute Gasteiger partial charge is 0.331 e. The number of nitrogens with zero attached hydrogens (tertiary/aromatic N) is 3. The summed E-state index contributed by atoms with van der Waals surface area (Å²) in [5.41, 5.74) is 0.833. The van der Waals surface area contributed by atoms with E-state index in [9.17, 15) is 19.2 Å². The summed E-state index contributed by atoms with van der Waals surface area (Å²) in [6.45, 7) is 0.500. The Balaban J connectivity index is 1.75. The number of fused-ring (bicyclic) bond motifs is 1. The van der Waals surface area contributed by atoms with Gasteiger partial charge in [0.2, 0.25) is 11.8 Å². The van der Waals surface area contributed by atoms with E-state index >= 15 is 0 Å². The van der Waals surface area contributed by atoms with Crippen LogP contribution in [0, 0.1) is 0 Å². The third-order valence-corrected chi connectivity index (χ3v) is 5.25. The number of amides is 2.